The molecule has 2 aliphatic rings. The van der Waals surface area contributed by atoms with Crippen LogP contribution in [0.3, 0.4) is 0 Å². The van der Waals surface area contributed by atoms with Crippen molar-refractivity contribution in [3.05, 3.63) is 29.8 Å². The van der Waals surface area contributed by atoms with Crippen molar-refractivity contribution in [3.8, 4) is 0 Å². The lowest BCUT2D eigenvalue weighted by molar-refractivity contribution is -0.121. The Labute approximate surface area is 118 Å². The van der Waals surface area contributed by atoms with Crippen molar-refractivity contribution in [1.82, 2.24) is 10.6 Å². The van der Waals surface area contributed by atoms with Gasteiger partial charge >= 0.3 is 0 Å². The zero-order chi connectivity index (χ0) is 13.1. The summed E-state index contributed by atoms with van der Waals surface area (Å²) in [7, 11) is 0. The molecule has 1 amide bonds. The number of carbonyl (C=O) groups is 1. The number of fused-ring (bicyclic) bond motifs is 1. The van der Waals surface area contributed by atoms with Gasteiger partial charge in [0.05, 0.1) is 5.25 Å². The Morgan fingerprint density at radius 3 is 3.05 bits per heavy atom. The van der Waals surface area contributed by atoms with Crippen molar-refractivity contribution in [3.63, 3.8) is 0 Å². The Balaban J connectivity index is 1.57. The molecule has 2 unspecified atom stereocenters. The summed E-state index contributed by atoms with van der Waals surface area (Å²) in [6.45, 7) is 2.10. The number of hydrogen-bond acceptors (Lipinski definition) is 3. The van der Waals surface area contributed by atoms with Crippen molar-refractivity contribution < 1.29 is 4.79 Å². The number of benzene rings is 1. The van der Waals surface area contributed by atoms with E-state index in [1.807, 2.05) is 6.07 Å². The SMILES string of the molecule is O=C(NC1CCCNCC1)C1Cc2ccccc2S1. The van der Waals surface area contributed by atoms with E-state index in [9.17, 15) is 4.79 Å². The molecule has 2 N–H and O–H groups in total. The van der Waals surface area contributed by atoms with Crippen LogP contribution in [0.15, 0.2) is 29.2 Å². The van der Waals surface area contributed by atoms with Crippen LogP contribution in [-0.4, -0.2) is 30.3 Å². The van der Waals surface area contributed by atoms with Crippen LogP contribution < -0.4 is 10.6 Å². The van der Waals surface area contributed by atoms with E-state index in [0.717, 1.165) is 38.8 Å². The van der Waals surface area contributed by atoms with E-state index < -0.39 is 0 Å². The maximum atomic E-state index is 12.3. The topological polar surface area (TPSA) is 41.1 Å². The number of thioether (sulfide) groups is 1. The quantitative estimate of drug-likeness (QED) is 0.867. The molecule has 1 aromatic carbocycles. The summed E-state index contributed by atoms with van der Waals surface area (Å²) >= 11 is 1.71. The highest BCUT2D eigenvalue weighted by atomic mass is 32.2. The van der Waals surface area contributed by atoms with Gasteiger partial charge in [-0.1, -0.05) is 18.2 Å². The second-order valence-corrected chi connectivity index (χ2v) is 6.55. The van der Waals surface area contributed by atoms with Gasteiger partial charge in [0.25, 0.3) is 0 Å². The summed E-state index contributed by atoms with van der Waals surface area (Å²) in [4.78, 5) is 13.6. The number of carbonyl (C=O) groups excluding carboxylic acids is 1. The molecule has 1 aromatic rings. The minimum atomic E-state index is 0.0635. The lowest BCUT2D eigenvalue weighted by Gasteiger charge is -2.18. The van der Waals surface area contributed by atoms with Crippen molar-refractivity contribution in [2.45, 2.75) is 41.9 Å². The van der Waals surface area contributed by atoms with Crippen LogP contribution in [0.25, 0.3) is 0 Å². The lowest BCUT2D eigenvalue weighted by Crippen LogP contribution is -2.40. The van der Waals surface area contributed by atoms with Crippen molar-refractivity contribution >= 4 is 17.7 Å². The number of rotatable bonds is 2. The predicted molar refractivity (Wildman–Crippen MR) is 78.4 cm³/mol. The van der Waals surface area contributed by atoms with Crippen LogP contribution in [-0.2, 0) is 11.2 Å². The molecule has 1 fully saturated rings. The third-order valence-electron chi connectivity index (χ3n) is 3.86. The molecule has 0 aromatic heterocycles. The fourth-order valence-corrected chi connectivity index (χ4v) is 3.99. The third kappa shape index (κ3) is 3.12. The Morgan fingerprint density at radius 2 is 2.16 bits per heavy atom. The second kappa shape index (κ2) is 5.97. The molecule has 2 atom stereocenters. The molecule has 0 spiro atoms. The highest BCUT2D eigenvalue weighted by Gasteiger charge is 2.29. The van der Waals surface area contributed by atoms with Crippen molar-refractivity contribution in [1.29, 1.82) is 0 Å². The number of nitrogens with one attached hydrogen (secondary N) is 2. The maximum Gasteiger partial charge on any atom is 0.234 e. The third-order valence-corrected chi connectivity index (χ3v) is 5.18. The average Bonchev–Trinajstić information content (AvgIpc) is 2.70. The molecule has 19 heavy (non-hydrogen) atoms. The van der Waals surface area contributed by atoms with Gasteiger partial charge in [0, 0.05) is 10.9 Å². The van der Waals surface area contributed by atoms with Crippen LogP contribution >= 0.6 is 11.8 Å². The van der Waals surface area contributed by atoms with Gasteiger partial charge in [0.1, 0.15) is 0 Å². The Kier molecular flexibility index (Phi) is 4.09. The van der Waals surface area contributed by atoms with E-state index in [1.165, 1.54) is 10.5 Å². The standard InChI is InChI=1S/C15H20N2OS/c18-15(17-12-5-3-8-16-9-7-12)14-10-11-4-1-2-6-13(11)19-14/h1-2,4,6,12,14,16H,3,5,7-10H2,(H,17,18). The molecule has 4 heteroatoms. The van der Waals surface area contributed by atoms with Gasteiger partial charge in [-0.3, -0.25) is 4.79 Å². The van der Waals surface area contributed by atoms with E-state index in [2.05, 4.69) is 28.8 Å². The second-order valence-electron chi connectivity index (χ2n) is 5.30. The van der Waals surface area contributed by atoms with Gasteiger partial charge in [-0.25, -0.2) is 0 Å². The fourth-order valence-electron chi connectivity index (χ4n) is 2.79. The lowest BCUT2D eigenvalue weighted by atomic mass is 10.1. The molecule has 0 saturated carbocycles. The first-order valence-electron chi connectivity index (χ1n) is 7.08. The minimum Gasteiger partial charge on any atom is -0.352 e. The van der Waals surface area contributed by atoms with Crippen LogP contribution in [0.1, 0.15) is 24.8 Å². The van der Waals surface area contributed by atoms with Gasteiger partial charge < -0.3 is 10.6 Å². The average molecular weight is 276 g/mol. The molecule has 3 nitrogen and oxygen atoms in total. The van der Waals surface area contributed by atoms with Gasteiger partial charge in [0.2, 0.25) is 5.91 Å². The molecular formula is C15H20N2OS. The monoisotopic (exact) mass is 276 g/mol. The van der Waals surface area contributed by atoms with Gasteiger partial charge in [-0.15, -0.1) is 11.8 Å². The largest absolute Gasteiger partial charge is 0.352 e. The summed E-state index contributed by atoms with van der Waals surface area (Å²) in [5, 5.41) is 6.68. The van der Waals surface area contributed by atoms with Gasteiger partial charge in [-0.2, -0.15) is 0 Å². The number of hydrogen-bond donors (Lipinski definition) is 2. The maximum absolute atomic E-state index is 12.3. The zero-order valence-electron chi connectivity index (χ0n) is 11.0. The molecule has 2 aliphatic heterocycles. The highest BCUT2D eigenvalue weighted by Crippen LogP contribution is 2.36. The molecular weight excluding hydrogens is 256 g/mol. The summed E-state index contributed by atoms with van der Waals surface area (Å²) < 4.78 is 0. The fraction of sp³-hybridized carbons (Fsp3) is 0.533. The van der Waals surface area contributed by atoms with E-state index >= 15 is 0 Å². The van der Waals surface area contributed by atoms with Gasteiger partial charge in [0.15, 0.2) is 0 Å². The van der Waals surface area contributed by atoms with Gasteiger partial charge in [-0.05, 0) is 50.4 Å². The summed E-state index contributed by atoms with van der Waals surface area (Å²) in [6.07, 6.45) is 4.18. The molecule has 1 saturated heterocycles. The Hall–Kier alpha value is -1.00. The molecule has 2 heterocycles. The first-order valence-corrected chi connectivity index (χ1v) is 7.96. The molecule has 0 aliphatic carbocycles. The Bertz CT molecular complexity index is 430. The van der Waals surface area contributed by atoms with E-state index in [4.69, 9.17) is 0 Å². The summed E-state index contributed by atoms with van der Waals surface area (Å²) in [6, 6.07) is 8.69. The molecule has 0 radical (unpaired) electrons. The van der Waals surface area contributed by atoms with E-state index in [0.29, 0.717) is 6.04 Å². The number of amides is 1. The first-order chi connectivity index (χ1) is 9.33. The first kappa shape index (κ1) is 13.0. The molecule has 3 rings (SSSR count). The minimum absolute atomic E-state index is 0.0635. The van der Waals surface area contributed by atoms with Crippen LogP contribution in [0.4, 0.5) is 0 Å². The smallest absolute Gasteiger partial charge is 0.234 e. The van der Waals surface area contributed by atoms with Crippen molar-refractivity contribution in [2.24, 2.45) is 0 Å². The summed E-state index contributed by atoms with van der Waals surface area (Å²) in [5.74, 6) is 0.216. The molecule has 102 valence electrons. The van der Waals surface area contributed by atoms with Crippen LogP contribution in [0.2, 0.25) is 0 Å². The summed E-state index contributed by atoms with van der Waals surface area (Å²) in [5.41, 5.74) is 1.31. The van der Waals surface area contributed by atoms with Crippen LogP contribution in [0, 0.1) is 0 Å². The predicted octanol–water partition coefficient (Wildman–Crippen LogP) is 1.96. The van der Waals surface area contributed by atoms with E-state index in [1.54, 1.807) is 11.8 Å². The van der Waals surface area contributed by atoms with Crippen LogP contribution in [0.5, 0.6) is 0 Å². The normalized spacial score (nSPS) is 26.5. The Morgan fingerprint density at radius 1 is 1.26 bits per heavy atom. The molecule has 0 bridgehead atoms. The highest BCUT2D eigenvalue weighted by molar-refractivity contribution is 8.01. The van der Waals surface area contributed by atoms with Crippen molar-refractivity contribution in [2.75, 3.05) is 13.1 Å². The van der Waals surface area contributed by atoms with E-state index in [-0.39, 0.29) is 11.2 Å². The zero-order valence-corrected chi connectivity index (χ0v) is 11.8.